The quantitative estimate of drug-likeness (QED) is 0.530. The Kier molecular flexibility index (Phi) is 6.98. The second-order valence-corrected chi connectivity index (χ2v) is 7.93. The largest absolute Gasteiger partial charge is 0.573 e. The summed E-state index contributed by atoms with van der Waals surface area (Å²) in [5.41, 5.74) is 1.72. The molecular formula is C22H24F3N5O4. The molecular weight excluding hydrogens is 455 g/mol. The lowest BCUT2D eigenvalue weighted by atomic mass is 9.98. The van der Waals surface area contributed by atoms with Crippen molar-refractivity contribution >= 4 is 16.9 Å². The molecule has 1 aliphatic heterocycles. The van der Waals surface area contributed by atoms with Crippen molar-refractivity contribution in [2.75, 3.05) is 26.9 Å². The Hall–Kier alpha value is -3.25. The molecule has 0 spiro atoms. The van der Waals surface area contributed by atoms with Crippen LogP contribution in [-0.4, -0.2) is 58.7 Å². The van der Waals surface area contributed by atoms with E-state index in [1.54, 1.807) is 14.0 Å². The Morgan fingerprint density at radius 2 is 2.15 bits per heavy atom. The number of nitrogens with zero attached hydrogens (tertiary/aromatic N) is 4. The maximum atomic E-state index is 13.0. The van der Waals surface area contributed by atoms with Gasteiger partial charge in [-0.3, -0.25) is 9.78 Å². The van der Waals surface area contributed by atoms with Crippen LogP contribution in [-0.2, 0) is 16.0 Å². The van der Waals surface area contributed by atoms with Crippen LogP contribution in [0.3, 0.4) is 0 Å². The fraction of sp³-hybridized carbons (Fsp3) is 0.455. The number of rotatable bonds is 8. The summed E-state index contributed by atoms with van der Waals surface area (Å²) in [6.07, 6.45) is -1.25. The van der Waals surface area contributed by atoms with Crippen LogP contribution in [0.15, 0.2) is 30.6 Å². The van der Waals surface area contributed by atoms with E-state index in [1.807, 2.05) is 4.57 Å². The minimum Gasteiger partial charge on any atom is -0.406 e. The molecule has 1 amide bonds. The maximum absolute atomic E-state index is 13.0. The van der Waals surface area contributed by atoms with Gasteiger partial charge in [-0.25, -0.2) is 9.97 Å². The van der Waals surface area contributed by atoms with Gasteiger partial charge in [0, 0.05) is 38.4 Å². The molecule has 0 unspecified atom stereocenters. The molecule has 3 aromatic rings. The SMILES string of the molecule is COCCn1c([C@@H](NC(=O)c2cnc(C)cn2)[C@H]2CCOC2)nc2cc(OC(F)(F)F)ccc21. The first kappa shape index (κ1) is 23.9. The van der Waals surface area contributed by atoms with Crippen LogP contribution in [0.4, 0.5) is 13.2 Å². The van der Waals surface area contributed by atoms with Gasteiger partial charge in [0.25, 0.3) is 5.91 Å². The van der Waals surface area contributed by atoms with Gasteiger partial charge in [0.2, 0.25) is 0 Å². The molecule has 2 aromatic heterocycles. The molecule has 1 aromatic carbocycles. The predicted molar refractivity (Wildman–Crippen MR) is 114 cm³/mol. The van der Waals surface area contributed by atoms with Gasteiger partial charge in [0.05, 0.1) is 42.2 Å². The molecule has 4 rings (SSSR count). The van der Waals surface area contributed by atoms with Gasteiger partial charge in [-0.05, 0) is 25.5 Å². The highest BCUT2D eigenvalue weighted by Gasteiger charge is 2.34. The highest BCUT2D eigenvalue weighted by molar-refractivity contribution is 5.92. The minimum absolute atomic E-state index is 0.0913. The molecule has 1 fully saturated rings. The van der Waals surface area contributed by atoms with Crippen LogP contribution in [0, 0.1) is 12.8 Å². The number of aromatic nitrogens is 4. The van der Waals surface area contributed by atoms with E-state index in [0.717, 1.165) is 0 Å². The summed E-state index contributed by atoms with van der Waals surface area (Å²) >= 11 is 0. The van der Waals surface area contributed by atoms with Crippen molar-refractivity contribution in [1.29, 1.82) is 0 Å². The van der Waals surface area contributed by atoms with Gasteiger partial charge >= 0.3 is 6.36 Å². The average Bonchev–Trinajstić information content (AvgIpc) is 3.43. The summed E-state index contributed by atoms with van der Waals surface area (Å²) in [6, 6.07) is 3.40. The maximum Gasteiger partial charge on any atom is 0.573 e. The normalized spacial score (nSPS) is 17.1. The number of imidazole rings is 1. The number of hydrogen-bond donors (Lipinski definition) is 1. The zero-order valence-electron chi connectivity index (χ0n) is 18.6. The number of halogens is 3. The fourth-order valence-corrected chi connectivity index (χ4v) is 3.91. The summed E-state index contributed by atoms with van der Waals surface area (Å²) < 4.78 is 54.8. The van der Waals surface area contributed by atoms with Crippen molar-refractivity contribution in [3.63, 3.8) is 0 Å². The number of fused-ring (bicyclic) bond motifs is 1. The monoisotopic (exact) mass is 479 g/mol. The molecule has 1 N–H and O–H groups in total. The fourth-order valence-electron chi connectivity index (χ4n) is 3.91. The number of carbonyl (C=O) groups excluding carboxylic acids is 1. The van der Waals surface area contributed by atoms with Gasteiger partial charge in [0.15, 0.2) is 0 Å². The molecule has 0 bridgehead atoms. The minimum atomic E-state index is -4.82. The lowest BCUT2D eigenvalue weighted by molar-refractivity contribution is -0.274. The van der Waals surface area contributed by atoms with E-state index < -0.39 is 18.3 Å². The molecule has 1 aliphatic rings. The molecule has 3 heterocycles. The number of hydrogen-bond acceptors (Lipinski definition) is 7. The zero-order chi connectivity index (χ0) is 24.3. The summed E-state index contributed by atoms with van der Waals surface area (Å²) in [5.74, 6) is -0.412. The van der Waals surface area contributed by atoms with Crippen LogP contribution in [0.2, 0.25) is 0 Å². The van der Waals surface area contributed by atoms with Crippen LogP contribution in [0.5, 0.6) is 5.75 Å². The molecule has 9 nitrogen and oxygen atoms in total. The topological polar surface area (TPSA) is 100 Å². The highest BCUT2D eigenvalue weighted by Crippen LogP contribution is 2.33. The number of methoxy groups -OCH3 is 1. The first-order chi connectivity index (χ1) is 16.2. The number of alkyl halides is 3. The Morgan fingerprint density at radius 3 is 2.79 bits per heavy atom. The van der Waals surface area contributed by atoms with E-state index >= 15 is 0 Å². The zero-order valence-corrected chi connectivity index (χ0v) is 18.6. The smallest absolute Gasteiger partial charge is 0.406 e. The van der Waals surface area contributed by atoms with E-state index in [2.05, 4.69) is 25.0 Å². The van der Waals surface area contributed by atoms with Crippen molar-refractivity contribution in [2.24, 2.45) is 5.92 Å². The molecule has 182 valence electrons. The van der Waals surface area contributed by atoms with E-state index in [-0.39, 0.29) is 17.4 Å². The summed E-state index contributed by atoms with van der Waals surface area (Å²) in [4.78, 5) is 25.9. The lowest BCUT2D eigenvalue weighted by Crippen LogP contribution is -2.36. The molecule has 0 radical (unpaired) electrons. The molecule has 0 saturated carbocycles. The Morgan fingerprint density at radius 1 is 1.32 bits per heavy atom. The first-order valence-electron chi connectivity index (χ1n) is 10.7. The lowest BCUT2D eigenvalue weighted by Gasteiger charge is -2.24. The van der Waals surface area contributed by atoms with E-state index in [1.165, 1.54) is 30.6 Å². The second kappa shape index (κ2) is 9.94. The van der Waals surface area contributed by atoms with Gasteiger partial charge in [0.1, 0.15) is 17.3 Å². The Labute approximate surface area is 193 Å². The number of benzene rings is 1. The number of carbonyl (C=O) groups is 1. The number of aryl methyl sites for hydroxylation is 1. The summed E-state index contributed by atoms with van der Waals surface area (Å²) in [5, 5.41) is 2.98. The van der Waals surface area contributed by atoms with Crippen LogP contribution in [0.25, 0.3) is 11.0 Å². The van der Waals surface area contributed by atoms with Crippen molar-refractivity contribution in [1.82, 2.24) is 24.8 Å². The Balaban J connectivity index is 1.74. The highest BCUT2D eigenvalue weighted by atomic mass is 19.4. The van der Waals surface area contributed by atoms with Crippen molar-refractivity contribution in [3.8, 4) is 5.75 Å². The van der Waals surface area contributed by atoms with Crippen molar-refractivity contribution < 1.29 is 32.2 Å². The van der Waals surface area contributed by atoms with Crippen molar-refractivity contribution in [3.05, 3.63) is 47.8 Å². The van der Waals surface area contributed by atoms with Crippen LogP contribution in [0.1, 0.15) is 34.5 Å². The number of nitrogens with one attached hydrogen (secondary N) is 1. The standard InChI is InChI=1S/C22H24F3N5O4/c1-13-10-27-17(11-26-13)21(31)29-19(14-5-7-33-12-14)20-28-16-9-15(34-22(23,24)25)3-4-18(16)30(20)6-8-32-2/h3-4,9-11,14,19H,5-8,12H2,1-2H3,(H,29,31)/t14-,19-/m0/s1. The summed E-state index contributed by atoms with van der Waals surface area (Å²) in [6.45, 7) is 3.42. The van der Waals surface area contributed by atoms with E-state index in [9.17, 15) is 18.0 Å². The van der Waals surface area contributed by atoms with Crippen LogP contribution < -0.4 is 10.1 Å². The van der Waals surface area contributed by atoms with Gasteiger partial charge in [-0.15, -0.1) is 13.2 Å². The van der Waals surface area contributed by atoms with Crippen molar-refractivity contribution in [2.45, 2.75) is 32.3 Å². The van der Waals surface area contributed by atoms with Gasteiger partial charge < -0.3 is 24.1 Å². The molecule has 0 aliphatic carbocycles. The average molecular weight is 479 g/mol. The number of amides is 1. The molecule has 2 atom stereocenters. The third kappa shape index (κ3) is 5.45. The first-order valence-corrected chi connectivity index (χ1v) is 10.7. The molecule has 1 saturated heterocycles. The Bertz CT molecular complexity index is 1140. The molecule has 12 heteroatoms. The van der Waals surface area contributed by atoms with Crippen LogP contribution >= 0.6 is 0 Å². The molecule has 34 heavy (non-hydrogen) atoms. The third-order valence-corrected chi connectivity index (χ3v) is 5.52. The predicted octanol–water partition coefficient (Wildman–Crippen LogP) is 3.19. The van der Waals surface area contributed by atoms with E-state index in [0.29, 0.717) is 55.3 Å². The number of ether oxygens (including phenoxy) is 3. The third-order valence-electron chi connectivity index (χ3n) is 5.52. The van der Waals surface area contributed by atoms with Gasteiger partial charge in [-0.2, -0.15) is 0 Å². The summed E-state index contributed by atoms with van der Waals surface area (Å²) in [7, 11) is 1.55. The second-order valence-electron chi connectivity index (χ2n) is 7.93. The van der Waals surface area contributed by atoms with Gasteiger partial charge in [-0.1, -0.05) is 0 Å². The van der Waals surface area contributed by atoms with E-state index in [4.69, 9.17) is 9.47 Å².